The van der Waals surface area contributed by atoms with E-state index in [1.807, 2.05) is 31.2 Å². The lowest BCUT2D eigenvalue weighted by Crippen LogP contribution is -2.41. The lowest BCUT2D eigenvalue weighted by Gasteiger charge is -2.25. The van der Waals surface area contributed by atoms with Gasteiger partial charge in [0.1, 0.15) is 12.3 Å². The molecule has 0 saturated carbocycles. The fourth-order valence-corrected chi connectivity index (χ4v) is 4.12. The summed E-state index contributed by atoms with van der Waals surface area (Å²) in [6, 6.07) is 12.2. The first-order chi connectivity index (χ1) is 14.0. The topological polar surface area (TPSA) is 75.7 Å². The van der Waals surface area contributed by atoms with E-state index in [0.29, 0.717) is 23.0 Å². The molecule has 6 nitrogen and oxygen atoms in total. The lowest BCUT2D eigenvalue weighted by molar-refractivity contribution is -0.120. The number of nitrogens with zero attached hydrogens (tertiary/aromatic N) is 1. The first-order valence-electron chi connectivity index (χ1n) is 9.68. The van der Waals surface area contributed by atoms with E-state index in [2.05, 4.69) is 19.2 Å². The molecule has 0 fully saturated rings. The highest BCUT2D eigenvalue weighted by atomic mass is 35.5. The van der Waals surface area contributed by atoms with E-state index in [-0.39, 0.29) is 12.6 Å². The van der Waals surface area contributed by atoms with Gasteiger partial charge in [-0.2, -0.15) is 0 Å². The Kier molecular flexibility index (Phi) is 8.15. The molecule has 0 aromatic heterocycles. The predicted molar refractivity (Wildman–Crippen MR) is 122 cm³/mol. The second-order valence-corrected chi connectivity index (χ2v) is 10.0. The third-order valence-electron chi connectivity index (χ3n) is 4.69. The number of rotatable bonds is 9. The summed E-state index contributed by atoms with van der Waals surface area (Å²) in [6.07, 6.45) is 1.79. The Morgan fingerprint density at radius 1 is 1.17 bits per heavy atom. The first-order valence-corrected chi connectivity index (χ1v) is 11.9. The van der Waals surface area contributed by atoms with Gasteiger partial charge in [0.05, 0.1) is 25.1 Å². The maximum Gasteiger partial charge on any atom is 0.241 e. The average molecular weight is 453 g/mol. The van der Waals surface area contributed by atoms with Crippen LogP contribution in [0.4, 0.5) is 5.69 Å². The number of sulfonamides is 1. The second kappa shape index (κ2) is 10.2. The molecular weight excluding hydrogens is 424 g/mol. The van der Waals surface area contributed by atoms with Crippen molar-refractivity contribution in [2.75, 3.05) is 24.2 Å². The molecule has 1 N–H and O–H groups in total. The molecular formula is C22H29ClN2O4S. The van der Waals surface area contributed by atoms with Crippen molar-refractivity contribution in [3.63, 3.8) is 0 Å². The summed E-state index contributed by atoms with van der Waals surface area (Å²) in [4.78, 5) is 12.8. The van der Waals surface area contributed by atoms with E-state index in [9.17, 15) is 13.2 Å². The van der Waals surface area contributed by atoms with Crippen molar-refractivity contribution in [1.82, 2.24) is 5.32 Å². The van der Waals surface area contributed by atoms with E-state index in [4.69, 9.17) is 16.3 Å². The van der Waals surface area contributed by atoms with Gasteiger partial charge in [-0.05, 0) is 54.7 Å². The number of carbonyl (C=O) groups excluding carboxylic acids is 1. The molecule has 0 aliphatic carbocycles. The van der Waals surface area contributed by atoms with Crippen molar-refractivity contribution in [3.8, 4) is 5.75 Å². The number of aryl methyl sites for hydroxylation is 1. The first kappa shape index (κ1) is 24.0. The van der Waals surface area contributed by atoms with Crippen molar-refractivity contribution >= 4 is 33.2 Å². The highest BCUT2D eigenvalue weighted by Gasteiger charge is 2.24. The highest BCUT2D eigenvalue weighted by molar-refractivity contribution is 7.92. The summed E-state index contributed by atoms with van der Waals surface area (Å²) in [7, 11) is -2.08. The van der Waals surface area contributed by atoms with Gasteiger partial charge in [0.15, 0.2) is 0 Å². The number of anilines is 1. The molecule has 2 rings (SSSR count). The molecule has 1 atom stereocenters. The Labute approximate surface area is 184 Å². The molecule has 2 aromatic carbocycles. The minimum atomic E-state index is -3.68. The fraction of sp³-hybridized carbons (Fsp3) is 0.409. The Morgan fingerprint density at radius 2 is 1.80 bits per heavy atom. The fourth-order valence-electron chi connectivity index (χ4n) is 3.09. The van der Waals surface area contributed by atoms with Crippen molar-refractivity contribution in [3.05, 3.63) is 58.6 Å². The van der Waals surface area contributed by atoms with Gasteiger partial charge in [-0.1, -0.05) is 43.6 Å². The number of amides is 1. The van der Waals surface area contributed by atoms with Crippen LogP contribution in [0, 0.1) is 12.8 Å². The maximum absolute atomic E-state index is 12.8. The van der Waals surface area contributed by atoms with Gasteiger partial charge in [0, 0.05) is 5.02 Å². The summed E-state index contributed by atoms with van der Waals surface area (Å²) in [5.41, 5.74) is 2.12. The van der Waals surface area contributed by atoms with Crippen molar-refractivity contribution < 1.29 is 17.9 Å². The molecule has 0 radical (unpaired) electrons. The SMILES string of the molecule is COc1ccc(C(CC(C)C)NC(=O)CN(c2ccc(C)c(Cl)c2)S(C)(=O)=O)cc1. The van der Waals surface area contributed by atoms with Crippen molar-refractivity contribution in [2.45, 2.75) is 33.2 Å². The zero-order valence-corrected chi connectivity index (χ0v) is 19.5. The van der Waals surface area contributed by atoms with Gasteiger partial charge in [0.2, 0.25) is 15.9 Å². The molecule has 0 bridgehead atoms. The Hall–Kier alpha value is -2.25. The molecule has 1 unspecified atom stereocenters. The monoisotopic (exact) mass is 452 g/mol. The van der Waals surface area contributed by atoms with Gasteiger partial charge < -0.3 is 10.1 Å². The average Bonchev–Trinajstić information content (AvgIpc) is 2.67. The van der Waals surface area contributed by atoms with Crippen LogP contribution >= 0.6 is 11.6 Å². The molecule has 0 saturated heterocycles. The van der Waals surface area contributed by atoms with E-state index in [0.717, 1.165) is 27.4 Å². The quantitative estimate of drug-likeness (QED) is 0.614. The van der Waals surface area contributed by atoms with Crippen LogP contribution in [0.15, 0.2) is 42.5 Å². The minimum Gasteiger partial charge on any atom is -0.497 e. The molecule has 0 spiro atoms. The van der Waals surface area contributed by atoms with Crippen LogP contribution in [0.25, 0.3) is 0 Å². The van der Waals surface area contributed by atoms with Crippen LogP contribution in [0.3, 0.4) is 0 Å². The summed E-state index contributed by atoms with van der Waals surface area (Å²) < 4.78 is 31.0. The third-order valence-corrected chi connectivity index (χ3v) is 6.24. The summed E-state index contributed by atoms with van der Waals surface area (Å²) >= 11 is 6.16. The van der Waals surface area contributed by atoms with Gasteiger partial charge >= 0.3 is 0 Å². The maximum atomic E-state index is 12.8. The van der Waals surface area contributed by atoms with Gasteiger partial charge in [-0.25, -0.2) is 8.42 Å². The Morgan fingerprint density at radius 3 is 2.30 bits per heavy atom. The Bertz CT molecular complexity index is 975. The number of hydrogen-bond acceptors (Lipinski definition) is 4. The van der Waals surface area contributed by atoms with Crippen molar-refractivity contribution in [1.29, 1.82) is 0 Å². The van der Waals surface area contributed by atoms with E-state index >= 15 is 0 Å². The van der Waals surface area contributed by atoms with E-state index < -0.39 is 15.9 Å². The summed E-state index contributed by atoms with van der Waals surface area (Å²) in [5, 5.41) is 3.42. The molecule has 164 valence electrons. The molecule has 8 heteroatoms. The third kappa shape index (κ3) is 6.64. The molecule has 0 aliphatic rings. The van der Waals surface area contributed by atoms with Crippen LogP contribution in [0.1, 0.15) is 37.4 Å². The summed E-state index contributed by atoms with van der Waals surface area (Å²) in [5.74, 6) is 0.672. The van der Waals surface area contributed by atoms with Gasteiger partial charge in [-0.15, -0.1) is 0 Å². The number of nitrogens with one attached hydrogen (secondary N) is 1. The largest absolute Gasteiger partial charge is 0.497 e. The minimum absolute atomic E-state index is 0.244. The Balaban J connectivity index is 2.24. The zero-order valence-electron chi connectivity index (χ0n) is 18.0. The number of halogens is 1. The zero-order chi connectivity index (χ0) is 22.5. The van der Waals surface area contributed by atoms with Crippen LogP contribution in [-0.4, -0.2) is 34.2 Å². The summed E-state index contributed by atoms with van der Waals surface area (Å²) in [6.45, 7) is 5.64. The second-order valence-electron chi connectivity index (χ2n) is 7.73. The van der Waals surface area contributed by atoms with Crippen molar-refractivity contribution in [2.24, 2.45) is 5.92 Å². The molecule has 2 aromatic rings. The molecule has 0 aliphatic heterocycles. The number of carbonyl (C=O) groups is 1. The van der Waals surface area contributed by atoms with E-state index in [1.54, 1.807) is 25.3 Å². The van der Waals surface area contributed by atoms with E-state index in [1.165, 1.54) is 0 Å². The lowest BCUT2D eigenvalue weighted by atomic mass is 9.97. The number of benzene rings is 2. The number of hydrogen-bond donors (Lipinski definition) is 1. The standard InChI is InChI=1S/C22H29ClN2O4S/c1-15(2)12-21(17-7-10-19(29-4)11-8-17)24-22(26)14-25(30(5,27)28)18-9-6-16(3)20(23)13-18/h6-11,13,15,21H,12,14H2,1-5H3,(H,24,26). The van der Waals surface area contributed by atoms with Gasteiger partial charge in [-0.3, -0.25) is 9.10 Å². The van der Waals surface area contributed by atoms with Crippen LogP contribution in [-0.2, 0) is 14.8 Å². The van der Waals surface area contributed by atoms with Gasteiger partial charge in [0.25, 0.3) is 0 Å². The number of methoxy groups -OCH3 is 1. The highest BCUT2D eigenvalue weighted by Crippen LogP contribution is 2.26. The normalized spacial score (nSPS) is 12.5. The number of ether oxygens (including phenoxy) is 1. The van der Waals surface area contributed by atoms with Crippen LogP contribution in [0.5, 0.6) is 5.75 Å². The smallest absolute Gasteiger partial charge is 0.241 e. The predicted octanol–water partition coefficient (Wildman–Crippen LogP) is 4.33. The van der Waals surface area contributed by atoms with Crippen LogP contribution < -0.4 is 14.4 Å². The van der Waals surface area contributed by atoms with Crippen LogP contribution in [0.2, 0.25) is 5.02 Å². The molecule has 30 heavy (non-hydrogen) atoms. The molecule has 1 amide bonds. The molecule has 0 heterocycles.